The quantitative estimate of drug-likeness (QED) is 0.615. The molecule has 3 amide bonds. The molecule has 0 spiro atoms. The molecule has 150 valence electrons. The molecule has 1 heterocycles. The highest BCUT2D eigenvalue weighted by Gasteiger charge is 2.38. The lowest BCUT2D eigenvalue weighted by Gasteiger charge is -2.30. The highest BCUT2D eigenvalue weighted by atomic mass is 16.4. The van der Waals surface area contributed by atoms with Gasteiger partial charge in [0.2, 0.25) is 0 Å². The Morgan fingerprint density at radius 3 is 1.93 bits per heavy atom. The number of aliphatic carboxylic acids is 1. The van der Waals surface area contributed by atoms with E-state index in [9.17, 15) is 24.3 Å². The maximum absolute atomic E-state index is 12.5. The first kappa shape index (κ1) is 20.2. The average Bonchev–Trinajstić information content (AvgIpc) is 2.96. The average molecular weight is 395 g/mol. The zero-order chi connectivity index (χ0) is 21.1. The van der Waals surface area contributed by atoms with Crippen molar-refractivity contribution in [2.75, 3.05) is 0 Å². The summed E-state index contributed by atoms with van der Waals surface area (Å²) >= 11 is 0. The van der Waals surface area contributed by atoms with Crippen molar-refractivity contribution in [1.29, 1.82) is 0 Å². The van der Waals surface area contributed by atoms with Crippen molar-refractivity contribution in [3.8, 4) is 0 Å². The Labute approximate surface area is 167 Å². The monoisotopic (exact) mass is 395 g/mol. The summed E-state index contributed by atoms with van der Waals surface area (Å²) in [5.41, 5.74) is 3.71. The molecule has 2 aromatic rings. The number of fused-ring (bicyclic) bond motifs is 1. The smallest absolute Gasteiger partial charge is 0.326 e. The molecule has 0 fully saturated rings. The highest BCUT2D eigenvalue weighted by Crippen LogP contribution is 2.22. The van der Waals surface area contributed by atoms with Gasteiger partial charge < -0.3 is 10.4 Å². The van der Waals surface area contributed by atoms with Crippen LogP contribution in [0.2, 0.25) is 0 Å². The highest BCUT2D eigenvalue weighted by molar-refractivity contribution is 6.20. The van der Waals surface area contributed by atoms with Gasteiger partial charge in [0.15, 0.2) is 0 Å². The molecule has 3 unspecified atom stereocenters. The Morgan fingerprint density at radius 1 is 0.897 bits per heavy atom. The lowest BCUT2D eigenvalue weighted by Crippen LogP contribution is -2.55. The minimum atomic E-state index is -1.22. The number of rotatable bonds is 7. The molecule has 0 radical (unpaired) electrons. The van der Waals surface area contributed by atoms with E-state index in [0.717, 1.165) is 5.01 Å². The van der Waals surface area contributed by atoms with Gasteiger partial charge in [0.1, 0.15) is 6.04 Å². The second-order valence-electron chi connectivity index (χ2n) is 6.92. The fourth-order valence-corrected chi connectivity index (χ4v) is 3.15. The standard InChI is InChI=1S/C21H21N3O5/c1-12(17(21(28)29)22-18(25)14-8-4-3-5-9-14)13(2)23-24-19(26)15-10-6-7-11-16(15)20(24)27/h3-13,17,23H,1-2H3,(H,22,25)(H,28,29). The minimum absolute atomic E-state index is 0.289. The Hall–Kier alpha value is -3.52. The number of hydrogen-bond donors (Lipinski definition) is 3. The third-order valence-electron chi connectivity index (χ3n) is 5.03. The summed E-state index contributed by atoms with van der Waals surface area (Å²) in [6.07, 6.45) is 0. The van der Waals surface area contributed by atoms with Gasteiger partial charge in [0, 0.05) is 17.5 Å². The fraction of sp³-hybridized carbons (Fsp3) is 0.238. The molecule has 1 aliphatic heterocycles. The van der Waals surface area contributed by atoms with Crippen molar-refractivity contribution in [3.63, 3.8) is 0 Å². The van der Waals surface area contributed by atoms with Crippen LogP contribution >= 0.6 is 0 Å². The molecule has 0 aromatic heterocycles. The van der Waals surface area contributed by atoms with Crippen molar-refractivity contribution in [3.05, 3.63) is 71.3 Å². The molecular weight excluding hydrogens is 374 g/mol. The first-order chi connectivity index (χ1) is 13.8. The third-order valence-corrected chi connectivity index (χ3v) is 5.03. The van der Waals surface area contributed by atoms with Gasteiger partial charge in [-0.3, -0.25) is 14.4 Å². The molecule has 3 rings (SSSR count). The summed E-state index contributed by atoms with van der Waals surface area (Å²) in [5.74, 6) is -3.35. The Kier molecular flexibility index (Phi) is 5.74. The summed E-state index contributed by atoms with van der Waals surface area (Å²) in [7, 11) is 0. The number of carbonyl (C=O) groups excluding carboxylic acids is 3. The van der Waals surface area contributed by atoms with Gasteiger partial charge in [0.05, 0.1) is 11.1 Å². The van der Waals surface area contributed by atoms with Crippen LogP contribution in [0.25, 0.3) is 0 Å². The van der Waals surface area contributed by atoms with E-state index in [-0.39, 0.29) is 11.1 Å². The van der Waals surface area contributed by atoms with E-state index >= 15 is 0 Å². The van der Waals surface area contributed by atoms with Gasteiger partial charge in [-0.05, 0) is 31.2 Å². The Bertz CT molecular complexity index is 925. The largest absolute Gasteiger partial charge is 0.480 e. The fourth-order valence-electron chi connectivity index (χ4n) is 3.15. The van der Waals surface area contributed by atoms with Crippen LogP contribution in [0.1, 0.15) is 44.9 Å². The van der Waals surface area contributed by atoms with Crippen LogP contribution in [0, 0.1) is 5.92 Å². The molecule has 3 N–H and O–H groups in total. The van der Waals surface area contributed by atoms with E-state index in [1.807, 2.05) is 0 Å². The predicted molar refractivity (Wildman–Crippen MR) is 104 cm³/mol. The maximum atomic E-state index is 12.5. The summed E-state index contributed by atoms with van der Waals surface area (Å²) in [5, 5.41) is 13.0. The number of carbonyl (C=O) groups is 4. The van der Waals surface area contributed by atoms with E-state index in [4.69, 9.17) is 0 Å². The molecule has 2 aromatic carbocycles. The van der Waals surface area contributed by atoms with Gasteiger partial charge in [-0.2, -0.15) is 0 Å². The lowest BCUT2D eigenvalue weighted by molar-refractivity contribution is -0.140. The van der Waals surface area contributed by atoms with Gasteiger partial charge >= 0.3 is 5.97 Å². The molecule has 8 heteroatoms. The van der Waals surface area contributed by atoms with E-state index in [2.05, 4.69) is 10.7 Å². The van der Waals surface area contributed by atoms with Gasteiger partial charge in [-0.1, -0.05) is 37.3 Å². The zero-order valence-corrected chi connectivity index (χ0v) is 16.0. The number of nitrogens with one attached hydrogen (secondary N) is 2. The van der Waals surface area contributed by atoms with Crippen LogP contribution in [0.4, 0.5) is 0 Å². The lowest BCUT2D eigenvalue weighted by atomic mass is 9.94. The number of hydrazine groups is 1. The maximum Gasteiger partial charge on any atom is 0.326 e. The van der Waals surface area contributed by atoms with Crippen molar-refractivity contribution in [2.45, 2.75) is 25.9 Å². The number of imide groups is 1. The van der Waals surface area contributed by atoms with Gasteiger partial charge in [-0.25, -0.2) is 15.2 Å². The summed E-state index contributed by atoms with van der Waals surface area (Å²) in [6.45, 7) is 3.28. The van der Waals surface area contributed by atoms with Crippen molar-refractivity contribution in [2.24, 2.45) is 5.92 Å². The summed E-state index contributed by atoms with van der Waals surface area (Å²) in [4.78, 5) is 49.1. The first-order valence-electron chi connectivity index (χ1n) is 9.14. The molecule has 8 nitrogen and oxygen atoms in total. The van der Waals surface area contributed by atoms with Crippen molar-refractivity contribution in [1.82, 2.24) is 15.8 Å². The number of carboxylic acid groups (broad SMARTS) is 1. The van der Waals surface area contributed by atoms with Crippen LogP contribution in [0.3, 0.4) is 0 Å². The summed E-state index contributed by atoms with van der Waals surface area (Å²) < 4.78 is 0. The first-order valence-corrected chi connectivity index (χ1v) is 9.14. The molecule has 29 heavy (non-hydrogen) atoms. The van der Waals surface area contributed by atoms with Crippen LogP contribution in [0.5, 0.6) is 0 Å². The van der Waals surface area contributed by atoms with E-state index in [1.165, 1.54) is 0 Å². The molecule has 0 bridgehead atoms. The van der Waals surface area contributed by atoms with Crippen molar-refractivity contribution >= 4 is 23.7 Å². The molecule has 1 aliphatic rings. The molecule has 3 atom stereocenters. The molecule has 0 saturated carbocycles. The number of nitrogens with zero attached hydrogens (tertiary/aromatic N) is 1. The second kappa shape index (κ2) is 8.24. The second-order valence-corrected chi connectivity index (χ2v) is 6.92. The van der Waals surface area contributed by atoms with Crippen LogP contribution in [0.15, 0.2) is 54.6 Å². The van der Waals surface area contributed by atoms with Crippen LogP contribution in [-0.2, 0) is 4.79 Å². The van der Waals surface area contributed by atoms with Crippen LogP contribution < -0.4 is 10.7 Å². The molecule has 0 aliphatic carbocycles. The predicted octanol–water partition coefficient (Wildman–Crippen LogP) is 1.69. The van der Waals surface area contributed by atoms with E-state index < -0.39 is 41.7 Å². The minimum Gasteiger partial charge on any atom is -0.480 e. The number of amides is 3. The Morgan fingerprint density at radius 2 is 1.41 bits per heavy atom. The SMILES string of the molecule is CC(NN1C(=O)c2ccccc2C1=O)C(C)C(NC(=O)c1ccccc1)C(=O)O. The number of benzene rings is 2. The number of carboxylic acids is 1. The van der Waals surface area contributed by atoms with Crippen molar-refractivity contribution < 1.29 is 24.3 Å². The van der Waals surface area contributed by atoms with Gasteiger partial charge in [-0.15, -0.1) is 0 Å². The number of hydrogen-bond acceptors (Lipinski definition) is 5. The molecule has 0 saturated heterocycles. The van der Waals surface area contributed by atoms with Crippen LogP contribution in [-0.4, -0.2) is 45.9 Å². The van der Waals surface area contributed by atoms with E-state index in [0.29, 0.717) is 5.56 Å². The topological polar surface area (TPSA) is 116 Å². The Balaban J connectivity index is 1.71. The zero-order valence-electron chi connectivity index (χ0n) is 16.0. The normalized spacial score (nSPS) is 16.1. The van der Waals surface area contributed by atoms with E-state index in [1.54, 1.807) is 68.4 Å². The molecular formula is C21H21N3O5. The summed E-state index contributed by atoms with van der Waals surface area (Å²) in [6, 6.07) is 12.9. The third kappa shape index (κ3) is 4.02. The van der Waals surface area contributed by atoms with Gasteiger partial charge in [0.25, 0.3) is 17.7 Å².